The summed E-state index contributed by atoms with van der Waals surface area (Å²) in [5.41, 5.74) is -0.303. The maximum Gasteiger partial charge on any atom is 0.243 e. The minimum absolute atomic E-state index is 0.00134. The van der Waals surface area contributed by atoms with Crippen molar-refractivity contribution in [2.45, 2.75) is 25.2 Å². The van der Waals surface area contributed by atoms with E-state index in [0.717, 1.165) is 6.07 Å². The molecule has 0 aromatic heterocycles. The zero-order valence-corrected chi connectivity index (χ0v) is 16.0. The maximum absolute atomic E-state index is 13.5. The van der Waals surface area contributed by atoms with Crippen LogP contribution in [0.5, 0.6) is 0 Å². The highest BCUT2D eigenvalue weighted by atomic mass is 32.2. The SMILES string of the molecule is CCOCC12CCN(C(C)=O)CC1CN(S(=O)(=O)c1cccc(F)c1)C2. The van der Waals surface area contributed by atoms with Crippen molar-refractivity contribution in [3.63, 3.8) is 0 Å². The molecule has 1 aromatic rings. The number of hydrogen-bond donors (Lipinski definition) is 0. The number of halogens is 1. The van der Waals surface area contributed by atoms with Crippen LogP contribution in [0.25, 0.3) is 0 Å². The predicted octanol–water partition coefficient (Wildman–Crippen LogP) is 1.72. The van der Waals surface area contributed by atoms with Crippen molar-refractivity contribution in [2.75, 3.05) is 39.4 Å². The first-order chi connectivity index (χ1) is 12.3. The van der Waals surface area contributed by atoms with Gasteiger partial charge in [0.2, 0.25) is 15.9 Å². The van der Waals surface area contributed by atoms with Gasteiger partial charge in [0, 0.05) is 45.1 Å². The van der Waals surface area contributed by atoms with Crippen molar-refractivity contribution < 1.29 is 22.3 Å². The van der Waals surface area contributed by atoms with Gasteiger partial charge < -0.3 is 9.64 Å². The van der Waals surface area contributed by atoms with Gasteiger partial charge in [-0.3, -0.25) is 4.79 Å². The van der Waals surface area contributed by atoms with E-state index in [2.05, 4.69) is 0 Å². The van der Waals surface area contributed by atoms with Crippen LogP contribution in [0, 0.1) is 17.2 Å². The fourth-order valence-corrected chi connectivity index (χ4v) is 5.63. The maximum atomic E-state index is 13.5. The number of rotatable bonds is 5. The Hall–Kier alpha value is -1.51. The number of benzene rings is 1. The standard InChI is InChI=1S/C18H25FN2O4S/c1-3-25-13-18-7-8-20(14(2)22)10-15(18)11-21(12-18)26(23,24)17-6-4-5-16(19)9-17/h4-6,9,15H,3,7-8,10-13H2,1-2H3. The van der Waals surface area contributed by atoms with Gasteiger partial charge in [-0.15, -0.1) is 0 Å². The second-order valence-electron chi connectivity index (χ2n) is 7.17. The Morgan fingerprint density at radius 3 is 2.81 bits per heavy atom. The third-order valence-corrected chi connectivity index (χ3v) is 7.38. The molecule has 0 bridgehead atoms. The van der Waals surface area contributed by atoms with Gasteiger partial charge in [-0.2, -0.15) is 4.31 Å². The van der Waals surface area contributed by atoms with Crippen LogP contribution in [0.1, 0.15) is 20.3 Å². The average Bonchev–Trinajstić information content (AvgIpc) is 2.99. The predicted molar refractivity (Wildman–Crippen MR) is 94.4 cm³/mol. The van der Waals surface area contributed by atoms with Gasteiger partial charge in [0.25, 0.3) is 0 Å². The molecule has 26 heavy (non-hydrogen) atoms. The lowest BCUT2D eigenvalue weighted by Crippen LogP contribution is -2.50. The van der Waals surface area contributed by atoms with Crippen LogP contribution in [0.2, 0.25) is 0 Å². The molecule has 8 heteroatoms. The number of fused-ring (bicyclic) bond motifs is 1. The summed E-state index contributed by atoms with van der Waals surface area (Å²) in [6.45, 7) is 6.25. The van der Waals surface area contributed by atoms with Crippen LogP contribution >= 0.6 is 0 Å². The van der Waals surface area contributed by atoms with Gasteiger partial charge in [0.1, 0.15) is 5.82 Å². The monoisotopic (exact) mass is 384 g/mol. The van der Waals surface area contributed by atoms with Crippen LogP contribution in [0.3, 0.4) is 0 Å². The topological polar surface area (TPSA) is 66.9 Å². The number of carbonyl (C=O) groups excluding carboxylic acids is 1. The first kappa shape index (κ1) is 19.3. The van der Waals surface area contributed by atoms with Gasteiger partial charge >= 0.3 is 0 Å². The lowest BCUT2D eigenvalue weighted by Gasteiger charge is -2.43. The second kappa shape index (κ2) is 7.25. The van der Waals surface area contributed by atoms with E-state index in [4.69, 9.17) is 4.74 Å². The summed E-state index contributed by atoms with van der Waals surface area (Å²) in [6.07, 6.45) is 0.701. The molecule has 2 heterocycles. The molecule has 2 aliphatic rings. The molecule has 0 aliphatic carbocycles. The molecule has 6 nitrogen and oxygen atoms in total. The number of amides is 1. The molecule has 3 rings (SSSR count). The third kappa shape index (κ3) is 3.50. The Morgan fingerprint density at radius 1 is 1.38 bits per heavy atom. The summed E-state index contributed by atoms with van der Waals surface area (Å²) < 4.78 is 46.6. The van der Waals surface area contributed by atoms with Crippen molar-refractivity contribution in [3.05, 3.63) is 30.1 Å². The van der Waals surface area contributed by atoms with E-state index in [9.17, 15) is 17.6 Å². The van der Waals surface area contributed by atoms with Crippen LogP contribution in [0.15, 0.2) is 29.2 Å². The number of hydrogen-bond acceptors (Lipinski definition) is 4. The van der Waals surface area contributed by atoms with E-state index in [1.807, 2.05) is 6.92 Å². The Morgan fingerprint density at radius 2 is 2.15 bits per heavy atom. The number of carbonyl (C=O) groups is 1. The van der Waals surface area contributed by atoms with Crippen molar-refractivity contribution in [3.8, 4) is 0 Å². The lowest BCUT2D eigenvalue weighted by atomic mass is 9.73. The Labute approximate surface area is 154 Å². The summed E-state index contributed by atoms with van der Waals surface area (Å²) in [7, 11) is -3.79. The largest absolute Gasteiger partial charge is 0.381 e. The van der Waals surface area contributed by atoms with E-state index in [1.54, 1.807) is 4.90 Å². The highest BCUT2D eigenvalue weighted by Gasteiger charge is 2.52. The second-order valence-corrected chi connectivity index (χ2v) is 9.10. The smallest absolute Gasteiger partial charge is 0.243 e. The van der Waals surface area contributed by atoms with E-state index in [1.165, 1.54) is 29.4 Å². The third-order valence-electron chi connectivity index (χ3n) is 5.57. The van der Waals surface area contributed by atoms with Crippen LogP contribution in [0.4, 0.5) is 4.39 Å². The average molecular weight is 384 g/mol. The van der Waals surface area contributed by atoms with Crippen LogP contribution in [-0.2, 0) is 19.6 Å². The minimum Gasteiger partial charge on any atom is -0.381 e. The van der Waals surface area contributed by atoms with Crippen molar-refractivity contribution in [2.24, 2.45) is 11.3 Å². The van der Waals surface area contributed by atoms with Crippen molar-refractivity contribution in [1.82, 2.24) is 9.21 Å². The Balaban J connectivity index is 1.88. The number of piperidine rings is 1. The first-order valence-electron chi connectivity index (χ1n) is 8.87. The summed E-state index contributed by atoms with van der Waals surface area (Å²) >= 11 is 0. The van der Waals surface area contributed by atoms with Crippen LogP contribution < -0.4 is 0 Å². The number of ether oxygens (including phenoxy) is 1. The quantitative estimate of drug-likeness (QED) is 0.775. The molecule has 1 amide bonds. The number of sulfonamides is 1. The van der Waals surface area contributed by atoms with Gasteiger partial charge in [-0.05, 0) is 37.5 Å². The van der Waals surface area contributed by atoms with E-state index in [-0.39, 0.29) is 22.1 Å². The van der Waals surface area contributed by atoms with Crippen molar-refractivity contribution in [1.29, 1.82) is 0 Å². The molecule has 2 saturated heterocycles. The van der Waals surface area contributed by atoms with Gasteiger partial charge in [-0.25, -0.2) is 12.8 Å². The number of likely N-dealkylation sites (tertiary alicyclic amines) is 1. The molecule has 2 fully saturated rings. The van der Waals surface area contributed by atoms with Gasteiger partial charge in [0.05, 0.1) is 11.5 Å². The summed E-state index contributed by atoms with van der Waals surface area (Å²) in [5.74, 6) is -0.564. The molecule has 2 unspecified atom stereocenters. The minimum atomic E-state index is -3.79. The molecule has 2 aliphatic heterocycles. The first-order valence-corrected chi connectivity index (χ1v) is 10.3. The Bertz CT molecular complexity index is 785. The lowest BCUT2D eigenvalue weighted by molar-refractivity contribution is -0.133. The fraction of sp³-hybridized carbons (Fsp3) is 0.611. The molecular weight excluding hydrogens is 359 g/mol. The molecule has 2 atom stereocenters. The zero-order valence-electron chi connectivity index (χ0n) is 15.2. The molecule has 0 N–H and O–H groups in total. The van der Waals surface area contributed by atoms with Gasteiger partial charge in [-0.1, -0.05) is 6.07 Å². The van der Waals surface area contributed by atoms with E-state index < -0.39 is 15.8 Å². The molecule has 1 aromatic carbocycles. The van der Waals surface area contributed by atoms with E-state index >= 15 is 0 Å². The van der Waals surface area contributed by atoms with E-state index in [0.29, 0.717) is 45.8 Å². The molecule has 144 valence electrons. The summed E-state index contributed by atoms with van der Waals surface area (Å²) in [6, 6.07) is 5.09. The summed E-state index contributed by atoms with van der Waals surface area (Å²) in [5, 5.41) is 0. The Kier molecular flexibility index (Phi) is 5.37. The highest BCUT2D eigenvalue weighted by Crippen LogP contribution is 2.44. The number of nitrogens with zero attached hydrogens (tertiary/aromatic N) is 2. The summed E-state index contributed by atoms with van der Waals surface area (Å²) in [4.78, 5) is 13.5. The molecular formula is C18H25FN2O4S. The highest BCUT2D eigenvalue weighted by molar-refractivity contribution is 7.89. The molecule has 0 spiro atoms. The fourth-order valence-electron chi connectivity index (χ4n) is 4.02. The molecule has 0 radical (unpaired) electrons. The van der Waals surface area contributed by atoms with Crippen LogP contribution in [-0.4, -0.2) is 62.9 Å². The van der Waals surface area contributed by atoms with Gasteiger partial charge in [0.15, 0.2) is 0 Å². The zero-order chi connectivity index (χ0) is 18.9. The molecule has 0 saturated carbocycles. The van der Waals surface area contributed by atoms with Crippen molar-refractivity contribution >= 4 is 15.9 Å². The normalized spacial score (nSPS) is 26.7.